The van der Waals surface area contributed by atoms with Gasteiger partial charge in [-0.25, -0.2) is 0 Å². The summed E-state index contributed by atoms with van der Waals surface area (Å²) in [5.41, 5.74) is 0.742. The molecule has 0 radical (unpaired) electrons. The van der Waals surface area contributed by atoms with Gasteiger partial charge in [-0.05, 0) is 87.5 Å². The van der Waals surface area contributed by atoms with E-state index < -0.39 is 0 Å². The molecule has 0 amide bonds. The number of nitrogens with one attached hydrogen (secondary N) is 1. The van der Waals surface area contributed by atoms with Gasteiger partial charge in [0.1, 0.15) is 1.41 Å². The molecule has 0 aromatic heterocycles. The van der Waals surface area contributed by atoms with Gasteiger partial charge >= 0.3 is 0 Å². The molecule has 6 rings (SSSR count). The first-order chi connectivity index (χ1) is 10.2. The van der Waals surface area contributed by atoms with Crippen LogP contribution in [0.1, 0.15) is 57.8 Å². The summed E-state index contributed by atoms with van der Waals surface area (Å²) in [7, 11) is 0. The Morgan fingerprint density at radius 2 is 1.50 bits per heavy atom. The van der Waals surface area contributed by atoms with E-state index in [1.165, 1.54) is 25.8 Å². The van der Waals surface area contributed by atoms with Crippen LogP contribution in [0, 0.1) is 23.2 Å². The summed E-state index contributed by atoms with van der Waals surface area (Å²) in [4.78, 5) is 2.81. The van der Waals surface area contributed by atoms with Crippen LogP contribution in [0.25, 0.3) is 0 Å². The lowest BCUT2D eigenvalue weighted by Gasteiger charge is -2.57. The van der Waals surface area contributed by atoms with Crippen LogP contribution >= 0.6 is 0 Å². The van der Waals surface area contributed by atoms with E-state index in [1.54, 1.807) is 38.5 Å². The van der Waals surface area contributed by atoms with Gasteiger partial charge in [-0.1, -0.05) is 0 Å². The van der Waals surface area contributed by atoms with Crippen molar-refractivity contribution in [2.45, 2.75) is 69.9 Å². The Morgan fingerprint density at radius 1 is 0.950 bits per heavy atom. The summed E-state index contributed by atoms with van der Waals surface area (Å²) in [6.07, 6.45) is 13.6. The van der Waals surface area contributed by atoms with Crippen LogP contribution in [-0.4, -0.2) is 36.6 Å². The predicted octanol–water partition coefficient (Wildman–Crippen LogP) is 3.03. The summed E-state index contributed by atoms with van der Waals surface area (Å²) >= 11 is 0. The van der Waals surface area contributed by atoms with Crippen LogP contribution in [0.2, 0.25) is 1.41 Å². The average molecular weight is 275 g/mol. The molecule has 112 valence electrons. The Morgan fingerprint density at radius 3 is 2.05 bits per heavy atom. The second kappa shape index (κ2) is 4.46. The molecule has 6 aliphatic rings. The monoisotopic (exact) mass is 275 g/mol. The molecule has 2 heterocycles. The van der Waals surface area contributed by atoms with E-state index in [0.717, 1.165) is 36.3 Å². The van der Waals surface area contributed by atoms with E-state index in [1.807, 2.05) is 5.31 Å². The van der Waals surface area contributed by atoms with Crippen LogP contribution in [-0.2, 0) is 0 Å². The van der Waals surface area contributed by atoms with E-state index >= 15 is 0 Å². The molecule has 1 N–H and O–H groups in total. The smallest absolute Gasteiger partial charge is 0.122 e. The number of hydrogen-bond donors (Lipinski definition) is 1. The maximum absolute atomic E-state index is 7.94. The fourth-order valence-electron chi connectivity index (χ4n) is 7.11. The molecule has 2 atom stereocenters. The topological polar surface area (TPSA) is 15.3 Å². The minimum Gasteiger partial charge on any atom is -0.314 e. The quantitative estimate of drug-likeness (QED) is 0.852. The Balaban J connectivity index is 1.27. The van der Waals surface area contributed by atoms with E-state index in [9.17, 15) is 0 Å². The van der Waals surface area contributed by atoms with Gasteiger partial charge in [0.25, 0.3) is 0 Å². The van der Waals surface area contributed by atoms with Gasteiger partial charge in [-0.3, -0.25) is 4.90 Å². The Hall–Kier alpha value is -0.0800. The van der Waals surface area contributed by atoms with Crippen molar-refractivity contribution in [1.29, 1.82) is 0 Å². The molecule has 2 aliphatic heterocycles. The maximum atomic E-state index is 7.94. The van der Waals surface area contributed by atoms with Gasteiger partial charge in [-0.2, -0.15) is 0 Å². The Labute approximate surface area is 125 Å². The lowest BCUT2D eigenvalue weighted by molar-refractivity contribution is -0.0633. The van der Waals surface area contributed by atoms with Gasteiger partial charge in [0.2, 0.25) is 0 Å². The first-order valence-corrected chi connectivity index (χ1v) is 9.19. The van der Waals surface area contributed by atoms with Crippen molar-refractivity contribution in [3.63, 3.8) is 0 Å². The number of hydrogen-bond acceptors (Lipinski definition) is 2. The highest BCUT2D eigenvalue weighted by molar-refractivity contribution is 5.02. The summed E-state index contributed by atoms with van der Waals surface area (Å²) < 4.78 is 7.94. The minimum atomic E-state index is 0.704. The molecule has 4 saturated carbocycles. The first kappa shape index (κ1) is 11.5. The largest absolute Gasteiger partial charge is 0.314 e. The van der Waals surface area contributed by atoms with E-state index in [-0.39, 0.29) is 0 Å². The van der Waals surface area contributed by atoms with Crippen LogP contribution in [0.5, 0.6) is 0 Å². The zero-order valence-electron chi connectivity index (χ0n) is 13.8. The van der Waals surface area contributed by atoms with Crippen molar-refractivity contribution in [3.05, 3.63) is 0 Å². The lowest BCUT2D eigenvalue weighted by Crippen LogP contribution is -2.53. The second-order valence-electron chi connectivity index (χ2n) is 8.88. The van der Waals surface area contributed by atoms with Crippen LogP contribution in [0.15, 0.2) is 0 Å². The normalized spacial score (nSPS) is 55.4. The zero-order valence-corrected chi connectivity index (χ0v) is 12.8. The fraction of sp³-hybridized carbons (Fsp3) is 1.00. The highest BCUT2D eigenvalue weighted by Crippen LogP contribution is 2.61. The SMILES string of the molecule is [2H]N1CC2CCC(C1)N2CCC12CC3CC(CC(C3)C1)C2. The highest BCUT2D eigenvalue weighted by atomic mass is 15.3. The van der Waals surface area contributed by atoms with Gasteiger partial charge in [0.15, 0.2) is 0 Å². The lowest BCUT2D eigenvalue weighted by atomic mass is 9.49. The minimum absolute atomic E-state index is 0.704. The molecule has 6 bridgehead atoms. The fourth-order valence-corrected chi connectivity index (χ4v) is 7.11. The Kier molecular flexibility index (Phi) is 2.56. The molecule has 0 aromatic carbocycles. The number of nitrogens with zero attached hydrogens (tertiary/aromatic N) is 1. The Bertz CT molecular complexity index is 374. The van der Waals surface area contributed by atoms with Crippen LogP contribution < -0.4 is 5.31 Å². The summed E-state index contributed by atoms with van der Waals surface area (Å²) in [5, 5.41) is 1.82. The summed E-state index contributed by atoms with van der Waals surface area (Å²) in [6, 6.07) is 1.41. The molecule has 2 nitrogen and oxygen atoms in total. The molecule has 20 heavy (non-hydrogen) atoms. The van der Waals surface area contributed by atoms with Gasteiger partial charge in [0.05, 0.1) is 0 Å². The molecule has 4 aliphatic carbocycles. The van der Waals surface area contributed by atoms with Gasteiger partial charge in [-0.15, -0.1) is 0 Å². The number of piperazine rings is 1. The van der Waals surface area contributed by atoms with E-state index in [0.29, 0.717) is 12.1 Å². The average Bonchev–Trinajstić information content (AvgIpc) is 2.66. The van der Waals surface area contributed by atoms with Crippen molar-refractivity contribution in [1.82, 2.24) is 10.2 Å². The molecule has 0 spiro atoms. The zero-order chi connectivity index (χ0) is 14.0. The molecule has 6 fully saturated rings. The molecular formula is C18H30N2. The number of fused-ring (bicyclic) bond motifs is 2. The first-order valence-electron chi connectivity index (χ1n) is 9.63. The van der Waals surface area contributed by atoms with E-state index in [2.05, 4.69) is 4.90 Å². The van der Waals surface area contributed by atoms with Gasteiger partial charge < -0.3 is 5.31 Å². The van der Waals surface area contributed by atoms with E-state index in [4.69, 9.17) is 1.41 Å². The third kappa shape index (κ3) is 1.90. The molecule has 2 heteroatoms. The van der Waals surface area contributed by atoms with Crippen molar-refractivity contribution < 1.29 is 1.41 Å². The third-order valence-corrected chi connectivity index (χ3v) is 7.52. The van der Waals surface area contributed by atoms with Crippen molar-refractivity contribution in [2.75, 3.05) is 19.6 Å². The molecule has 2 saturated heterocycles. The number of rotatable bonds is 3. The highest BCUT2D eigenvalue weighted by Gasteiger charge is 2.51. The molecule has 0 aromatic rings. The van der Waals surface area contributed by atoms with Gasteiger partial charge in [0, 0.05) is 25.2 Å². The van der Waals surface area contributed by atoms with Crippen LogP contribution in [0.3, 0.4) is 0 Å². The van der Waals surface area contributed by atoms with Crippen molar-refractivity contribution >= 4 is 0 Å². The predicted molar refractivity (Wildman–Crippen MR) is 81.6 cm³/mol. The standard InChI is InChI=1S/C18H30N2/c1-2-17-12-19-11-16(1)20(17)4-3-18-8-13-5-14(9-18)7-15(6-13)10-18/h13-17,19H,1-12H2/i/hD. The summed E-state index contributed by atoms with van der Waals surface area (Å²) in [5.74, 6) is 3.29. The van der Waals surface area contributed by atoms with Crippen molar-refractivity contribution in [3.8, 4) is 0 Å². The van der Waals surface area contributed by atoms with Crippen LogP contribution in [0.4, 0.5) is 0 Å². The maximum Gasteiger partial charge on any atom is 0.122 e. The van der Waals surface area contributed by atoms with Crippen molar-refractivity contribution in [2.24, 2.45) is 23.2 Å². The second-order valence-corrected chi connectivity index (χ2v) is 8.88. The molecular weight excluding hydrogens is 244 g/mol. The molecule has 2 unspecified atom stereocenters. The third-order valence-electron chi connectivity index (χ3n) is 7.52. The summed E-state index contributed by atoms with van der Waals surface area (Å²) in [6.45, 7) is 3.34.